The first-order valence-corrected chi connectivity index (χ1v) is 5.00. The lowest BCUT2D eigenvalue weighted by atomic mass is 10.4. The van der Waals surface area contributed by atoms with E-state index in [0.717, 1.165) is 18.9 Å². The average molecular weight is 219 g/mol. The van der Waals surface area contributed by atoms with Crippen LogP contribution in [0, 0.1) is 0 Å². The standard InChI is InChI=1S/C9H12Cl2N2/c1-3-13(4-2)9-8(11)5-7(10)6-12-9/h5-6H,3-4H2,1-2H3. The average Bonchev–Trinajstić information content (AvgIpc) is 2.10. The van der Waals surface area contributed by atoms with Gasteiger partial charge in [-0.15, -0.1) is 0 Å². The van der Waals surface area contributed by atoms with Crippen LogP contribution in [0.25, 0.3) is 0 Å². The van der Waals surface area contributed by atoms with Gasteiger partial charge in [-0.05, 0) is 19.9 Å². The molecule has 1 heterocycles. The molecule has 0 saturated heterocycles. The third-order valence-corrected chi connectivity index (χ3v) is 2.34. The molecule has 1 aromatic rings. The highest BCUT2D eigenvalue weighted by Gasteiger charge is 2.08. The van der Waals surface area contributed by atoms with Gasteiger partial charge in [0.15, 0.2) is 0 Å². The summed E-state index contributed by atoms with van der Waals surface area (Å²) >= 11 is 11.7. The Hall–Kier alpha value is -0.470. The lowest BCUT2D eigenvalue weighted by Crippen LogP contribution is -2.23. The predicted octanol–water partition coefficient (Wildman–Crippen LogP) is 3.23. The summed E-state index contributed by atoms with van der Waals surface area (Å²) in [6.45, 7) is 5.92. The number of hydrogen-bond acceptors (Lipinski definition) is 2. The van der Waals surface area contributed by atoms with Gasteiger partial charge in [-0.2, -0.15) is 0 Å². The van der Waals surface area contributed by atoms with Crippen molar-refractivity contribution in [1.29, 1.82) is 0 Å². The minimum absolute atomic E-state index is 0.570. The highest BCUT2D eigenvalue weighted by Crippen LogP contribution is 2.25. The summed E-state index contributed by atoms with van der Waals surface area (Å²) in [5, 5.41) is 1.18. The summed E-state index contributed by atoms with van der Waals surface area (Å²) in [6.07, 6.45) is 1.61. The first-order chi connectivity index (χ1) is 6.19. The third kappa shape index (κ3) is 2.48. The van der Waals surface area contributed by atoms with Crippen LogP contribution < -0.4 is 4.90 Å². The molecule has 0 fully saturated rings. The summed E-state index contributed by atoms with van der Waals surface area (Å²) < 4.78 is 0. The molecule has 0 saturated carbocycles. The summed E-state index contributed by atoms with van der Waals surface area (Å²) in [6, 6.07) is 1.71. The topological polar surface area (TPSA) is 16.1 Å². The Morgan fingerprint density at radius 1 is 1.31 bits per heavy atom. The molecule has 0 aliphatic carbocycles. The van der Waals surface area contributed by atoms with E-state index in [9.17, 15) is 0 Å². The van der Waals surface area contributed by atoms with E-state index in [1.807, 2.05) is 0 Å². The number of halogens is 2. The second-order valence-corrected chi connectivity index (χ2v) is 3.47. The lowest BCUT2D eigenvalue weighted by molar-refractivity contribution is 0.846. The first-order valence-electron chi connectivity index (χ1n) is 4.25. The molecule has 0 unspecified atom stereocenters. The Morgan fingerprint density at radius 2 is 1.92 bits per heavy atom. The molecule has 1 aromatic heterocycles. The highest BCUT2D eigenvalue weighted by molar-refractivity contribution is 6.35. The molecule has 0 spiro atoms. The predicted molar refractivity (Wildman–Crippen MR) is 57.8 cm³/mol. The number of anilines is 1. The van der Waals surface area contributed by atoms with Crippen molar-refractivity contribution < 1.29 is 0 Å². The van der Waals surface area contributed by atoms with Crippen molar-refractivity contribution in [3.8, 4) is 0 Å². The van der Waals surface area contributed by atoms with Gasteiger partial charge in [0, 0.05) is 19.3 Å². The van der Waals surface area contributed by atoms with Crippen LogP contribution in [-0.4, -0.2) is 18.1 Å². The molecule has 0 N–H and O–H groups in total. The summed E-state index contributed by atoms with van der Waals surface area (Å²) in [4.78, 5) is 6.26. The van der Waals surface area contributed by atoms with Crippen LogP contribution in [0.15, 0.2) is 12.3 Å². The van der Waals surface area contributed by atoms with E-state index in [4.69, 9.17) is 23.2 Å². The highest BCUT2D eigenvalue weighted by atomic mass is 35.5. The molecule has 13 heavy (non-hydrogen) atoms. The van der Waals surface area contributed by atoms with Gasteiger partial charge in [0.1, 0.15) is 5.82 Å². The number of pyridine rings is 1. The molecule has 1 rings (SSSR count). The zero-order chi connectivity index (χ0) is 9.84. The second kappa shape index (κ2) is 4.68. The maximum Gasteiger partial charge on any atom is 0.147 e. The molecule has 0 bridgehead atoms. The number of rotatable bonds is 3. The van der Waals surface area contributed by atoms with Gasteiger partial charge in [-0.25, -0.2) is 4.98 Å². The van der Waals surface area contributed by atoms with Crippen LogP contribution in [0.3, 0.4) is 0 Å². The van der Waals surface area contributed by atoms with Crippen molar-refractivity contribution in [1.82, 2.24) is 4.98 Å². The van der Waals surface area contributed by atoms with Crippen molar-refractivity contribution in [2.24, 2.45) is 0 Å². The van der Waals surface area contributed by atoms with E-state index in [2.05, 4.69) is 23.7 Å². The zero-order valence-electron chi connectivity index (χ0n) is 7.72. The minimum atomic E-state index is 0.570. The van der Waals surface area contributed by atoms with Crippen molar-refractivity contribution in [3.63, 3.8) is 0 Å². The summed E-state index contributed by atoms with van der Waals surface area (Å²) in [5.74, 6) is 0.802. The molecule has 0 aliphatic rings. The third-order valence-electron chi connectivity index (χ3n) is 1.85. The normalized spacial score (nSPS) is 10.2. The van der Waals surface area contributed by atoms with Crippen LogP contribution in [0.1, 0.15) is 13.8 Å². The van der Waals surface area contributed by atoms with E-state index in [-0.39, 0.29) is 0 Å². The Morgan fingerprint density at radius 3 is 2.38 bits per heavy atom. The van der Waals surface area contributed by atoms with E-state index in [1.54, 1.807) is 12.3 Å². The van der Waals surface area contributed by atoms with Gasteiger partial charge in [-0.3, -0.25) is 0 Å². The molecule has 0 aromatic carbocycles. The Kier molecular flexibility index (Phi) is 3.82. The van der Waals surface area contributed by atoms with Crippen LogP contribution in [0.2, 0.25) is 10.0 Å². The van der Waals surface area contributed by atoms with E-state index >= 15 is 0 Å². The molecular formula is C9H12Cl2N2. The number of hydrogen-bond donors (Lipinski definition) is 0. The second-order valence-electron chi connectivity index (χ2n) is 2.63. The van der Waals surface area contributed by atoms with E-state index in [1.165, 1.54) is 0 Å². The molecular weight excluding hydrogens is 207 g/mol. The molecule has 0 aliphatic heterocycles. The Balaban J connectivity index is 2.99. The molecule has 0 atom stereocenters. The summed E-state index contributed by atoms with van der Waals surface area (Å²) in [7, 11) is 0. The van der Waals surface area contributed by atoms with Crippen LogP contribution in [0.4, 0.5) is 5.82 Å². The van der Waals surface area contributed by atoms with Crippen molar-refractivity contribution >= 4 is 29.0 Å². The van der Waals surface area contributed by atoms with Crippen molar-refractivity contribution in [2.75, 3.05) is 18.0 Å². The fraction of sp³-hybridized carbons (Fsp3) is 0.444. The molecule has 0 radical (unpaired) electrons. The van der Waals surface area contributed by atoms with Gasteiger partial charge in [0.25, 0.3) is 0 Å². The monoisotopic (exact) mass is 218 g/mol. The van der Waals surface area contributed by atoms with E-state index < -0.39 is 0 Å². The van der Waals surface area contributed by atoms with Crippen molar-refractivity contribution in [2.45, 2.75) is 13.8 Å². The van der Waals surface area contributed by atoms with Crippen LogP contribution >= 0.6 is 23.2 Å². The number of aromatic nitrogens is 1. The van der Waals surface area contributed by atoms with Gasteiger partial charge in [0.05, 0.1) is 10.0 Å². The quantitative estimate of drug-likeness (QED) is 0.775. The molecule has 0 amide bonds. The maximum absolute atomic E-state index is 5.99. The van der Waals surface area contributed by atoms with Gasteiger partial charge >= 0.3 is 0 Å². The maximum atomic E-state index is 5.99. The molecule has 72 valence electrons. The van der Waals surface area contributed by atoms with Gasteiger partial charge in [0.2, 0.25) is 0 Å². The first kappa shape index (κ1) is 10.6. The van der Waals surface area contributed by atoms with Crippen molar-refractivity contribution in [3.05, 3.63) is 22.3 Å². The SMILES string of the molecule is CCN(CC)c1ncc(Cl)cc1Cl. The van der Waals surface area contributed by atoms with Gasteiger partial charge in [-0.1, -0.05) is 23.2 Å². The smallest absolute Gasteiger partial charge is 0.147 e. The Labute approximate surface area is 88.5 Å². The Bertz CT molecular complexity index is 285. The van der Waals surface area contributed by atoms with Crippen LogP contribution in [-0.2, 0) is 0 Å². The summed E-state index contributed by atoms with van der Waals surface area (Å²) in [5.41, 5.74) is 0. The fourth-order valence-corrected chi connectivity index (χ4v) is 1.66. The van der Waals surface area contributed by atoms with Gasteiger partial charge < -0.3 is 4.90 Å². The lowest BCUT2D eigenvalue weighted by Gasteiger charge is -2.20. The number of nitrogens with zero attached hydrogens (tertiary/aromatic N) is 2. The van der Waals surface area contributed by atoms with Crippen LogP contribution in [0.5, 0.6) is 0 Å². The largest absolute Gasteiger partial charge is 0.356 e. The molecule has 4 heteroatoms. The zero-order valence-corrected chi connectivity index (χ0v) is 9.23. The van der Waals surface area contributed by atoms with E-state index in [0.29, 0.717) is 10.0 Å². The fourth-order valence-electron chi connectivity index (χ4n) is 1.16. The molecule has 2 nitrogen and oxygen atoms in total. The minimum Gasteiger partial charge on any atom is -0.356 e.